The minimum atomic E-state index is 0.0156. The average molecular weight is 268 g/mol. The van der Waals surface area contributed by atoms with Gasteiger partial charge >= 0.3 is 0 Å². The maximum absolute atomic E-state index is 12.0. The number of hydrogen-bond donors (Lipinski definition) is 1. The molecule has 0 aromatic carbocycles. The number of hydrogen-bond acceptors (Lipinski definition) is 4. The lowest BCUT2D eigenvalue weighted by atomic mass is 10.1. The van der Waals surface area contributed by atoms with Crippen LogP contribution in [0.2, 0.25) is 0 Å². The van der Waals surface area contributed by atoms with E-state index in [1.54, 1.807) is 11.3 Å². The molecular formula is C13H20N2O2S. The van der Waals surface area contributed by atoms with Gasteiger partial charge in [0.15, 0.2) is 0 Å². The van der Waals surface area contributed by atoms with E-state index in [9.17, 15) is 4.79 Å². The smallest absolute Gasteiger partial charge is 0.222 e. The fourth-order valence-electron chi connectivity index (χ4n) is 2.21. The molecule has 1 aromatic rings. The van der Waals surface area contributed by atoms with Gasteiger partial charge in [0.1, 0.15) is 6.10 Å². The van der Waals surface area contributed by atoms with Crippen LogP contribution < -0.4 is 5.73 Å². The molecule has 5 heteroatoms. The van der Waals surface area contributed by atoms with Gasteiger partial charge in [-0.2, -0.15) is 11.3 Å². The topological polar surface area (TPSA) is 55.6 Å². The Labute approximate surface area is 112 Å². The van der Waals surface area contributed by atoms with Gasteiger partial charge in [0, 0.05) is 13.0 Å². The number of morpholine rings is 1. The lowest BCUT2D eigenvalue weighted by Crippen LogP contribution is -2.45. The quantitative estimate of drug-likeness (QED) is 0.905. The van der Waals surface area contributed by atoms with Crippen LogP contribution in [0, 0.1) is 0 Å². The van der Waals surface area contributed by atoms with E-state index < -0.39 is 0 Å². The zero-order chi connectivity index (χ0) is 13.0. The molecule has 1 aromatic heterocycles. The number of thiophene rings is 1. The molecule has 0 aliphatic carbocycles. The van der Waals surface area contributed by atoms with Gasteiger partial charge in [0.05, 0.1) is 12.6 Å². The van der Waals surface area contributed by atoms with Crippen LogP contribution >= 0.6 is 11.3 Å². The molecule has 4 nitrogen and oxygen atoms in total. The molecule has 1 fully saturated rings. The zero-order valence-corrected chi connectivity index (χ0v) is 11.5. The van der Waals surface area contributed by atoms with E-state index in [0.29, 0.717) is 26.1 Å². The van der Waals surface area contributed by atoms with Crippen molar-refractivity contribution >= 4 is 17.2 Å². The lowest BCUT2D eigenvalue weighted by molar-refractivity contribution is -0.144. The lowest BCUT2D eigenvalue weighted by Gasteiger charge is -2.36. The molecule has 2 N–H and O–H groups in total. The third-order valence-corrected chi connectivity index (χ3v) is 3.82. The number of carbonyl (C=O) groups excluding carboxylic acids is 1. The molecule has 2 heterocycles. The number of carbonyl (C=O) groups is 1. The van der Waals surface area contributed by atoms with E-state index in [1.165, 1.54) is 5.56 Å². The summed E-state index contributed by atoms with van der Waals surface area (Å²) in [5, 5.41) is 4.13. The van der Waals surface area contributed by atoms with Gasteiger partial charge < -0.3 is 15.4 Å². The number of nitrogens with zero attached hydrogens (tertiary/aromatic N) is 1. The molecule has 2 rings (SSSR count). The maximum Gasteiger partial charge on any atom is 0.222 e. The van der Waals surface area contributed by atoms with Gasteiger partial charge in [-0.3, -0.25) is 4.79 Å². The fraction of sp³-hybridized carbons (Fsp3) is 0.615. The van der Waals surface area contributed by atoms with E-state index in [2.05, 4.69) is 11.4 Å². The van der Waals surface area contributed by atoms with Crippen LogP contribution in [-0.4, -0.2) is 36.5 Å². The molecule has 1 saturated heterocycles. The highest BCUT2D eigenvalue weighted by atomic mass is 32.1. The van der Waals surface area contributed by atoms with Crippen LogP contribution in [0.15, 0.2) is 16.8 Å². The molecule has 0 bridgehead atoms. The Bertz CT molecular complexity index is 380. The summed E-state index contributed by atoms with van der Waals surface area (Å²) in [7, 11) is 0. The molecular weight excluding hydrogens is 248 g/mol. The first-order valence-corrected chi connectivity index (χ1v) is 7.30. The van der Waals surface area contributed by atoms with E-state index >= 15 is 0 Å². The Kier molecular flexibility index (Phi) is 4.74. The second-order valence-corrected chi connectivity index (χ2v) is 5.46. The van der Waals surface area contributed by atoms with Crippen molar-refractivity contribution in [2.45, 2.75) is 32.0 Å². The maximum atomic E-state index is 12.0. The monoisotopic (exact) mass is 268 g/mol. The van der Waals surface area contributed by atoms with Gasteiger partial charge in [-0.15, -0.1) is 0 Å². The minimum absolute atomic E-state index is 0.0156. The third kappa shape index (κ3) is 3.31. The van der Waals surface area contributed by atoms with Crippen LogP contribution in [-0.2, 0) is 9.53 Å². The molecule has 0 saturated carbocycles. The van der Waals surface area contributed by atoms with E-state index in [4.69, 9.17) is 10.5 Å². The highest BCUT2D eigenvalue weighted by Gasteiger charge is 2.29. The molecule has 0 unspecified atom stereocenters. The predicted molar refractivity (Wildman–Crippen MR) is 72.5 cm³/mol. The molecule has 1 aliphatic heterocycles. The van der Waals surface area contributed by atoms with Crippen LogP contribution in [0.5, 0.6) is 0 Å². The third-order valence-electron chi connectivity index (χ3n) is 3.12. The van der Waals surface area contributed by atoms with Gasteiger partial charge in [0.2, 0.25) is 5.91 Å². The van der Waals surface area contributed by atoms with Gasteiger partial charge in [0.25, 0.3) is 0 Å². The van der Waals surface area contributed by atoms with Crippen molar-refractivity contribution in [1.29, 1.82) is 0 Å². The van der Waals surface area contributed by atoms with Crippen molar-refractivity contribution < 1.29 is 9.53 Å². The second kappa shape index (κ2) is 6.31. The number of ether oxygens (including phenoxy) is 1. The average Bonchev–Trinajstić information content (AvgIpc) is 2.89. The van der Waals surface area contributed by atoms with Crippen LogP contribution in [0.4, 0.5) is 0 Å². The largest absolute Gasteiger partial charge is 0.367 e. The van der Waals surface area contributed by atoms with Gasteiger partial charge in [-0.1, -0.05) is 0 Å². The Balaban J connectivity index is 1.98. The van der Waals surface area contributed by atoms with Crippen LogP contribution in [0.25, 0.3) is 0 Å². The van der Waals surface area contributed by atoms with Crippen molar-refractivity contribution in [3.63, 3.8) is 0 Å². The van der Waals surface area contributed by atoms with Crippen molar-refractivity contribution in [2.75, 3.05) is 19.6 Å². The molecule has 100 valence electrons. The van der Waals surface area contributed by atoms with Gasteiger partial charge in [-0.25, -0.2) is 0 Å². The molecule has 1 aliphatic rings. The number of amides is 1. The summed E-state index contributed by atoms with van der Waals surface area (Å²) >= 11 is 1.66. The van der Waals surface area contributed by atoms with Crippen molar-refractivity contribution in [3.05, 3.63) is 22.4 Å². The summed E-state index contributed by atoms with van der Waals surface area (Å²) in [5.41, 5.74) is 6.61. The summed E-state index contributed by atoms with van der Waals surface area (Å²) in [4.78, 5) is 13.9. The number of rotatable bonds is 4. The first kappa shape index (κ1) is 13.5. The molecule has 18 heavy (non-hydrogen) atoms. The highest BCUT2D eigenvalue weighted by Crippen LogP contribution is 2.27. The normalized spacial score (nSPS) is 24.2. The van der Waals surface area contributed by atoms with Crippen molar-refractivity contribution in [2.24, 2.45) is 5.73 Å². The van der Waals surface area contributed by atoms with E-state index in [-0.39, 0.29) is 18.1 Å². The van der Waals surface area contributed by atoms with E-state index in [0.717, 1.165) is 6.42 Å². The summed E-state index contributed by atoms with van der Waals surface area (Å²) in [5.74, 6) is 0.191. The first-order valence-electron chi connectivity index (χ1n) is 6.36. The zero-order valence-electron chi connectivity index (χ0n) is 10.7. The summed E-state index contributed by atoms with van der Waals surface area (Å²) in [6, 6.07) is 2.07. The number of nitrogens with two attached hydrogens (primary N) is 1. The second-order valence-electron chi connectivity index (χ2n) is 4.68. The Morgan fingerprint density at radius 3 is 3.11 bits per heavy atom. The fourth-order valence-corrected chi connectivity index (χ4v) is 2.91. The summed E-state index contributed by atoms with van der Waals surface area (Å²) < 4.78 is 5.90. The Morgan fingerprint density at radius 1 is 1.61 bits per heavy atom. The SMILES string of the molecule is C[C@@H]1CN(C(=O)CCCN)C[C@H](c2ccsc2)O1. The molecule has 0 radical (unpaired) electrons. The molecule has 1 amide bonds. The van der Waals surface area contributed by atoms with Crippen LogP contribution in [0.1, 0.15) is 31.4 Å². The Hall–Kier alpha value is -0.910. The first-order chi connectivity index (χ1) is 8.70. The summed E-state index contributed by atoms with van der Waals surface area (Å²) in [6.45, 7) is 3.93. The molecule has 2 atom stereocenters. The highest BCUT2D eigenvalue weighted by molar-refractivity contribution is 7.07. The molecule has 0 spiro atoms. The summed E-state index contributed by atoms with van der Waals surface area (Å²) in [6.07, 6.45) is 1.40. The van der Waals surface area contributed by atoms with E-state index in [1.807, 2.05) is 17.2 Å². The van der Waals surface area contributed by atoms with Gasteiger partial charge in [-0.05, 0) is 42.3 Å². The Morgan fingerprint density at radius 2 is 2.44 bits per heavy atom. The predicted octanol–water partition coefficient (Wildman–Crippen LogP) is 1.78. The van der Waals surface area contributed by atoms with Crippen molar-refractivity contribution in [3.8, 4) is 0 Å². The minimum Gasteiger partial charge on any atom is -0.367 e. The van der Waals surface area contributed by atoms with Crippen LogP contribution in [0.3, 0.4) is 0 Å². The van der Waals surface area contributed by atoms with Crippen molar-refractivity contribution in [1.82, 2.24) is 4.90 Å². The standard InChI is InChI=1S/C13H20N2O2S/c1-10-7-15(13(16)3-2-5-14)8-12(17-10)11-4-6-18-9-11/h4,6,9-10,12H,2-3,5,7-8,14H2,1H3/t10-,12-/m1/s1.